The minimum absolute atomic E-state index is 0.0166. The molecule has 24 heavy (non-hydrogen) atoms. The Bertz CT molecular complexity index is 792. The average Bonchev–Trinajstić information content (AvgIpc) is 2.78. The van der Waals surface area contributed by atoms with E-state index in [0.717, 1.165) is 6.07 Å². The Hall–Kier alpha value is -1.83. The van der Waals surface area contributed by atoms with E-state index in [1.807, 2.05) is 0 Å². The summed E-state index contributed by atoms with van der Waals surface area (Å²) < 4.78 is 1.55. The fourth-order valence-electron chi connectivity index (χ4n) is 2.01. The number of nitro benzene ring substituents is 1. The quantitative estimate of drug-likeness (QED) is 0.459. The second-order valence-corrected chi connectivity index (χ2v) is 6.09. The molecule has 10 heteroatoms. The summed E-state index contributed by atoms with van der Waals surface area (Å²) in [5.74, 6) is -0.421. The van der Waals surface area contributed by atoms with E-state index in [-0.39, 0.29) is 16.3 Å². The molecule has 0 aliphatic carbocycles. The standard InChI is InChI=1S/C14H13Cl3N4O3/c1-8-12(16)13(17)20(19-8)6-2-5-18-14(22)9-3-4-10(15)11(7-9)21(23)24/h3-4,7H,2,5-6H2,1H3,(H,18,22). The van der Waals surface area contributed by atoms with Crippen LogP contribution in [0.4, 0.5) is 5.69 Å². The van der Waals surface area contributed by atoms with Crippen LogP contribution in [0.2, 0.25) is 15.2 Å². The fourth-order valence-corrected chi connectivity index (χ4v) is 2.59. The summed E-state index contributed by atoms with van der Waals surface area (Å²) in [5.41, 5.74) is 0.499. The van der Waals surface area contributed by atoms with Gasteiger partial charge in [0.15, 0.2) is 0 Å². The molecule has 0 saturated carbocycles. The van der Waals surface area contributed by atoms with E-state index < -0.39 is 10.8 Å². The number of hydrogen-bond acceptors (Lipinski definition) is 4. The summed E-state index contributed by atoms with van der Waals surface area (Å²) in [6.07, 6.45) is 0.568. The number of carbonyl (C=O) groups is 1. The topological polar surface area (TPSA) is 90.1 Å². The molecule has 0 bridgehead atoms. The van der Waals surface area contributed by atoms with Gasteiger partial charge in [-0.05, 0) is 25.5 Å². The van der Waals surface area contributed by atoms with Gasteiger partial charge in [-0.15, -0.1) is 0 Å². The number of nitrogens with one attached hydrogen (secondary N) is 1. The predicted molar refractivity (Wildman–Crippen MR) is 92.0 cm³/mol. The van der Waals surface area contributed by atoms with Crippen LogP contribution < -0.4 is 5.32 Å². The zero-order chi connectivity index (χ0) is 17.9. The van der Waals surface area contributed by atoms with E-state index in [0.29, 0.717) is 35.4 Å². The summed E-state index contributed by atoms with van der Waals surface area (Å²) in [5, 5.41) is 18.4. The van der Waals surface area contributed by atoms with Crippen molar-refractivity contribution in [1.29, 1.82) is 0 Å². The fraction of sp³-hybridized carbons (Fsp3) is 0.286. The summed E-state index contributed by atoms with van der Waals surface area (Å²) in [7, 11) is 0. The second kappa shape index (κ2) is 7.83. The van der Waals surface area contributed by atoms with Gasteiger partial charge in [0.2, 0.25) is 0 Å². The lowest BCUT2D eigenvalue weighted by molar-refractivity contribution is -0.384. The number of carbonyl (C=O) groups excluding carboxylic acids is 1. The number of nitro groups is 1. The molecular formula is C14H13Cl3N4O3. The van der Waals surface area contributed by atoms with Crippen LogP contribution in [-0.4, -0.2) is 27.2 Å². The Labute approximate surface area is 152 Å². The molecule has 0 unspecified atom stereocenters. The van der Waals surface area contributed by atoms with E-state index in [9.17, 15) is 14.9 Å². The van der Waals surface area contributed by atoms with E-state index in [1.165, 1.54) is 12.1 Å². The number of aromatic nitrogens is 2. The Morgan fingerprint density at radius 2 is 2.08 bits per heavy atom. The molecule has 0 fully saturated rings. The molecule has 0 spiro atoms. The van der Waals surface area contributed by atoms with Crippen molar-refractivity contribution in [3.05, 3.63) is 54.8 Å². The first-order chi connectivity index (χ1) is 11.3. The maximum Gasteiger partial charge on any atom is 0.288 e. The van der Waals surface area contributed by atoms with Crippen molar-refractivity contribution in [1.82, 2.24) is 15.1 Å². The number of aryl methyl sites for hydroxylation is 2. The first-order valence-corrected chi connectivity index (χ1v) is 8.05. The molecule has 0 aliphatic heterocycles. The van der Waals surface area contributed by atoms with Crippen molar-refractivity contribution >= 4 is 46.4 Å². The van der Waals surface area contributed by atoms with Crippen molar-refractivity contribution in [3.63, 3.8) is 0 Å². The maximum atomic E-state index is 12.0. The smallest absolute Gasteiger partial charge is 0.288 e. The van der Waals surface area contributed by atoms with E-state index in [1.54, 1.807) is 11.6 Å². The number of amides is 1. The van der Waals surface area contributed by atoms with Gasteiger partial charge in [0.1, 0.15) is 15.2 Å². The Morgan fingerprint density at radius 3 is 2.67 bits per heavy atom. The lowest BCUT2D eigenvalue weighted by atomic mass is 10.2. The summed E-state index contributed by atoms with van der Waals surface area (Å²) >= 11 is 17.7. The molecule has 1 heterocycles. The van der Waals surface area contributed by atoms with E-state index >= 15 is 0 Å². The summed E-state index contributed by atoms with van der Waals surface area (Å²) in [6, 6.07) is 3.90. The zero-order valence-corrected chi connectivity index (χ0v) is 14.8. The highest BCUT2D eigenvalue weighted by atomic mass is 35.5. The van der Waals surface area contributed by atoms with Gasteiger partial charge in [-0.3, -0.25) is 19.6 Å². The van der Waals surface area contributed by atoms with E-state index in [2.05, 4.69) is 10.4 Å². The number of benzene rings is 1. The molecule has 0 saturated heterocycles. The third-order valence-electron chi connectivity index (χ3n) is 3.23. The van der Waals surface area contributed by atoms with Crippen molar-refractivity contribution in [2.24, 2.45) is 0 Å². The van der Waals surface area contributed by atoms with Gasteiger partial charge in [0.25, 0.3) is 11.6 Å². The summed E-state index contributed by atoms with van der Waals surface area (Å²) in [6.45, 7) is 2.58. The van der Waals surface area contributed by atoms with Crippen LogP contribution in [0.3, 0.4) is 0 Å². The van der Waals surface area contributed by atoms with Gasteiger partial charge in [-0.1, -0.05) is 34.8 Å². The number of nitrogens with zero attached hydrogens (tertiary/aromatic N) is 3. The van der Waals surface area contributed by atoms with Gasteiger partial charge in [-0.25, -0.2) is 0 Å². The van der Waals surface area contributed by atoms with Gasteiger partial charge in [0, 0.05) is 24.7 Å². The molecule has 128 valence electrons. The average molecular weight is 392 g/mol. The molecule has 0 radical (unpaired) electrons. The third-order valence-corrected chi connectivity index (χ3v) is 4.49. The lowest BCUT2D eigenvalue weighted by Crippen LogP contribution is -2.25. The molecule has 1 aromatic heterocycles. The summed E-state index contributed by atoms with van der Waals surface area (Å²) in [4.78, 5) is 22.2. The highest BCUT2D eigenvalue weighted by Crippen LogP contribution is 2.26. The third kappa shape index (κ3) is 4.17. The van der Waals surface area contributed by atoms with Crippen molar-refractivity contribution in [2.45, 2.75) is 19.9 Å². The minimum atomic E-state index is -0.634. The molecule has 7 nitrogen and oxygen atoms in total. The van der Waals surface area contributed by atoms with Crippen molar-refractivity contribution in [2.75, 3.05) is 6.54 Å². The van der Waals surface area contributed by atoms with Crippen LogP contribution in [0.5, 0.6) is 0 Å². The maximum absolute atomic E-state index is 12.0. The van der Waals surface area contributed by atoms with Gasteiger partial charge in [-0.2, -0.15) is 5.10 Å². The van der Waals surface area contributed by atoms with Crippen molar-refractivity contribution < 1.29 is 9.72 Å². The molecule has 1 amide bonds. The predicted octanol–water partition coefficient (Wildman–Crippen LogP) is 3.88. The Balaban J connectivity index is 1.90. The van der Waals surface area contributed by atoms with Gasteiger partial charge in [0.05, 0.1) is 10.6 Å². The van der Waals surface area contributed by atoms with Crippen LogP contribution in [0.1, 0.15) is 22.5 Å². The normalized spacial score (nSPS) is 10.7. The van der Waals surface area contributed by atoms with Crippen LogP contribution in [-0.2, 0) is 6.54 Å². The van der Waals surface area contributed by atoms with Gasteiger partial charge < -0.3 is 5.32 Å². The largest absolute Gasteiger partial charge is 0.352 e. The molecule has 0 atom stereocenters. The minimum Gasteiger partial charge on any atom is -0.352 e. The Kier molecular flexibility index (Phi) is 6.04. The molecule has 1 N–H and O–H groups in total. The van der Waals surface area contributed by atoms with Crippen LogP contribution in [0.25, 0.3) is 0 Å². The first kappa shape index (κ1) is 18.5. The molecule has 1 aromatic carbocycles. The highest BCUT2D eigenvalue weighted by Gasteiger charge is 2.16. The Morgan fingerprint density at radius 1 is 1.38 bits per heavy atom. The van der Waals surface area contributed by atoms with Crippen LogP contribution in [0.15, 0.2) is 18.2 Å². The van der Waals surface area contributed by atoms with Gasteiger partial charge >= 0.3 is 0 Å². The monoisotopic (exact) mass is 390 g/mol. The van der Waals surface area contributed by atoms with Crippen LogP contribution in [0, 0.1) is 17.0 Å². The van der Waals surface area contributed by atoms with Crippen molar-refractivity contribution in [3.8, 4) is 0 Å². The lowest BCUT2D eigenvalue weighted by Gasteiger charge is -2.06. The van der Waals surface area contributed by atoms with Crippen LogP contribution >= 0.6 is 34.8 Å². The second-order valence-electron chi connectivity index (χ2n) is 4.95. The molecular weight excluding hydrogens is 379 g/mol. The SMILES string of the molecule is Cc1nn(CCCNC(=O)c2ccc(Cl)c([N+](=O)[O-])c2)c(Cl)c1Cl. The molecule has 0 aliphatic rings. The number of halogens is 3. The number of hydrogen-bond donors (Lipinski definition) is 1. The zero-order valence-electron chi connectivity index (χ0n) is 12.6. The molecule has 2 rings (SSSR count). The number of rotatable bonds is 6. The highest BCUT2D eigenvalue weighted by molar-refractivity contribution is 6.41. The molecule has 2 aromatic rings. The first-order valence-electron chi connectivity index (χ1n) is 6.91. The van der Waals surface area contributed by atoms with E-state index in [4.69, 9.17) is 34.8 Å².